The summed E-state index contributed by atoms with van der Waals surface area (Å²) in [6.45, 7) is 1.41. The fourth-order valence-electron chi connectivity index (χ4n) is 1.67. The minimum Gasteiger partial charge on any atom is -0.495 e. The Kier molecular flexibility index (Phi) is 4.05. The monoisotopic (exact) mass is 274 g/mol. The summed E-state index contributed by atoms with van der Waals surface area (Å²) >= 11 is 0. The van der Waals surface area contributed by atoms with Crippen LogP contribution in [0, 0.1) is 0 Å². The van der Waals surface area contributed by atoms with Crippen molar-refractivity contribution in [1.82, 2.24) is 0 Å². The summed E-state index contributed by atoms with van der Waals surface area (Å²) in [5.74, 6) is -0.0183. The second-order valence-corrected chi connectivity index (χ2v) is 4.06. The molecule has 0 fully saturated rings. The van der Waals surface area contributed by atoms with Crippen molar-refractivity contribution in [1.29, 1.82) is 0 Å². The molecule has 0 spiro atoms. The van der Waals surface area contributed by atoms with Crippen LogP contribution in [0.5, 0.6) is 5.75 Å². The maximum Gasteiger partial charge on any atom is 0.259 e. The molecular weight excluding hydrogens is 260 g/mol. The van der Waals surface area contributed by atoms with E-state index in [2.05, 4.69) is 10.6 Å². The van der Waals surface area contributed by atoms with Crippen LogP contribution in [0.15, 0.2) is 41.2 Å². The Bertz CT molecular complexity index is 620. The van der Waals surface area contributed by atoms with E-state index in [0.29, 0.717) is 22.7 Å². The molecule has 0 saturated heterocycles. The molecule has 0 bridgehead atoms. The first-order valence-electron chi connectivity index (χ1n) is 5.89. The van der Waals surface area contributed by atoms with Crippen LogP contribution in [0.1, 0.15) is 17.3 Å². The van der Waals surface area contributed by atoms with Crippen molar-refractivity contribution in [2.24, 2.45) is 0 Å². The lowest BCUT2D eigenvalue weighted by molar-refractivity contribution is -0.114. The molecule has 6 nitrogen and oxygen atoms in total. The van der Waals surface area contributed by atoms with Crippen LogP contribution in [0.2, 0.25) is 0 Å². The first-order valence-corrected chi connectivity index (χ1v) is 5.89. The van der Waals surface area contributed by atoms with E-state index in [1.165, 1.54) is 26.6 Å². The number of benzene rings is 1. The second-order valence-electron chi connectivity index (χ2n) is 4.06. The number of carbonyl (C=O) groups is 2. The number of ether oxygens (including phenoxy) is 1. The molecule has 0 aliphatic carbocycles. The van der Waals surface area contributed by atoms with E-state index in [-0.39, 0.29) is 11.8 Å². The number of furan rings is 1. The molecule has 0 atom stereocenters. The number of amides is 2. The summed E-state index contributed by atoms with van der Waals surface area (Å²) in [5.41, 5.74) is 1.43. The highest BCUT2D eigenvalue weighted by Crippen LogP contribution is 2.28. The zero-order valence-corrected chi connectivity index (χ0v) is 11.1. The third-order valence-electron chi connectivity index (χ3n) is 2.55. The smallest absolute Gasteiger partial charge is 0.259 e. The SMILES string of the molecule is COc1ccc(NC(C)=O)cc1NC(=O)c1ccoc1. The Labute approximate surface area is 115 Å². The van der Waals surface area contributed by atoms with Crippen LogP contribution < -0.4 is 15.4 Å². The third kappa shape index (κ3) is 3.17. The molecular formula is C14H14N2O4. The Morgan fingerprint density at radius 1 is 1.20 bits per heavy atom. The lowest BCUT2D eigenvalue weighted by Gasteiger charge is -2.11. The molecule has 1 aromatic carbocycles. The number of methoxy groups -OCH3 is 1. The number of anilines is 2. The van der Waals surface area contributed by atoms with Crippen molar-refractivity contribution < 1.29 is 18.7 Å². The van der Waals surface area contributed by atoms with Crippen LogP contribution in [0.25, 0.3) is 0 Å². The fourth-order valence-corrected chi connectivity index (χ4v) is 1.67. The predicted octanol–water partition coefficient (Wildman–Crippen LogP) is 2.50. The highest BCUT2D eigenvalue weighted by atomic mass is 16.5. The Morgan fingerprint density at radius 2 is 2.00 bits per heavy atom. The van der Waals surface area contributed by atoms with Gasteiger partial charge >= 0.3 is 0 Å². The van der Waals surface area contributed by atoms with Crippen molar-refractivity contribution in [3.05, 3.63) is 42.4 Å². The summed E-state index contributed by atoms with van der Waals surface area (Å²) in [4.78, 5) is 23.0. The van der Waals surface area contributed by atoms with Gasteiger partial charge in [0.25, 0.3) is 5.91 Å². The van der Waals surface area contributed by atoms with Crippen LogP contribution in [-0.4, -0.2) is 18.9 Å². The van der Waals surface area contributed by atoms with E-state index in [1.807, 2.05) is 0 Å². The maximum absolute atomic E-state index is 12.0. The predicted molar refractivity (Wildman–Crippen MR) is 74.0 cm³/mol. The molecule has 2 N–H and O–H groups in total. The topological polar surface area (TPSA) is 80.6 Å². The first kappa shape index (κ1) is 13.7. The molecule has 6 heteroatoms. The van der Waals surface area contributed by atoms with E-state index in [4.69, 9.17) is 9.15 Å². The Balaban J connectivity index is 2.24. The Hall–Kier alpha value is -2.76. The quantitative estimate of drug-likeness (QED) is 0.897. The average Bonchev–Trinajstić information content (AvgIpc) is 2.92. The van der Waals surface area contributed by atoms with Crippen molar-refractivity contribution in [3.8, 4) is 5.75 Å². The van der Waals surface area contributed by atoms with E-state index >= 15 is 0 Å². The molecule has 0 aliphatic rings. The van der Waals surface area contributed by atoms with Crippen molar-refractivity contribution in [2.45, 2.75) is 6.92 Å². The van der Waals surface area contributed by atoms with Gasteiger partial charge in [-0.2, -0.15) is 0 Å². The molecule has 104 valence electrons. The van der Waals surface area contributed by atoms with Gasteiger partial charge in [0.2, 0.25) is 5.91 Å². The van der Waals surface area contributed by atoms with Crippen molar-refractivity contribution in [2.75, 3.05) is 17.7 Å². The van der Waals surface area contributed by atoms with E-state index in [9.17, 15) is 9.59 Å². The van der Waals surface area contributed by atoms with Gasteiger partial charge in [0.05, 0.1) is 24.6 Å². The highest BCUT2D eigenvalue weighted by Gasteiger charge is 2.11. The molecule has 0 radical (unpaired) electrons. The van der Waals surface area contributed by atoms with Gasteiger partial charge in [0.1, 0.15) is 12.0 Å². The molecule has 2 aromatic rings. The number of hydrogen-bond acceptors (Lipinski definition) is 4. The molecule has 1 heterocycles. The van der Waals surface area contributed by atoms with Gasteiger partial charge in [0.15, 0.2) is 0 Å². The fraction of sp³-hybridized carbons (Fsp3) is 0.143. The second kappa shape index (κ2) is 5.92. The van der Waals surface area contributed by atoms with Crippen LogP contribution in [-0.2, 0) is 4.79 Å². The third-order valence-corrected chi connectivity index (χ3v) is 2.55. The van der Waals surface area contributed by atoms with Gasteiger partial charge in [0, 0.05) is 12.6 Å². The van der Waals surface area contributed by atoms with E-state index < -0.39 is 0 Å². The summed E-state index contributed by atoms with van der Waals surface area (Å²) in [7, 11) is 1.50. The number of hydrogen-bond donors (Lipinski definition) is 2. The van der Waals surface area contributed by atoms with Gasteiger partial charge in [-0.05, 0) is 24.3 Å². The maximum atomic E-state index is 12.0. The standard InChI is InChI=1S/C14H14N2O4/c1-9(17)15-11-3-4-13(19-2)12(7-11)16-14(18)10-5-6-20-8-10/h3-8H,1-2H3,(H,15,17)(H,16,18). The van der Waals surface area contributed by atoms with Gasteiger partial charge in [-0.15, -0.1) is 0 Å². The summed E-state index contributed by atoms with van der Waals surface area (Å²) < 4.78 is 10.0. The van der Waals surface area contributed by atoms with Crippen molar-refractivity contribution >= 4 is 23.2 Å². The largest absolute Gasteiger partial charge is 0.495 e. The molecule has 0 saturated carbocycles. The minimum atomic E-state index is -0.322. The summed E-state index contributed by atoms with van der Waals surface area (Å²) in [5, 5.41) is 5.34. The number of carbonyl (C=O) groups excluding carboxylic acids is 2. The van der Waals surface area contributed by atoms with E-state index in [1.54, 1.807) is 24.3 Å². The highest BCUT2D eigenvalue weighted by molar-refractivity contribution is 6.05. The molecule has 0 unspecified atom stereocenters. The van der Waals surface area contributed by atoms with Gasteiger partial charge in [-0.1, -0.05) is 0 Å². The zero-order chi connectivity index (χ0) is 14.5. The zero-order valence-electron chi connectivity index (χ0n) is 11.1. The summed E-state index contributed by atoms with van der Waals surface area (Å²) in [6.07, 6.45) is 2.76. The van der Waals surface area contributed by atoms with Crippen LogP contribution in [0.3, 0.4) is 0 Å². The van der Waals surface area contributed by atoms with Gasteiger partial charge in [-0.25, -0.2) is 0 Å². The van der Waals surface area contributed by atoms with Crippen LogP contribution >= 0.6 is 0 Å². The van der Waals surface area contributed by atoms with Crippen molar-refractivity contribution in [3.63, 3.8) is 0 Å². The molecule has 20 heavy (non-hydrogen) atoms. The van der Waals surface area contributed by atoms with Gasteiger partial charge < -0.3 is 19.8 Å². The van der Waals surface area contributed by atoms with Gasteiger partial charge in [-0.3, -0.25) is 9.59 Å². The lowest BCUT2D eigenvalue weighted by Crippen LogP contribution is -2.12. The Morgan fingerprint density at radius 3 is 2.60 bits per heavy atom. The average molecular weight is 274 g/mol. The molecule has 0 aliphatic heterocycles. The normalized spacial score (nSPS) is 9.90. The molecule has 2 amide bonds. The first-order chi connectivity index (χ1) is 9.60. The number of nitrogens with one attached hydrogen (secondary N) is 2. The lowest BCUT2D eigenvalue weighted by atomic mass is 10.2. The summed E-state index contributed by atoms with van der Waals surface area (Å²) in [6, 6.07) is 6.53. The molecule has 1 aromatic heterocycles. The molecule has 2 rings (SSSR count). The number of rotatable bonds is 4. The minimum absolute atomic E-state index is 0.192. The van der Waals surface area contributed by atoms with Crippen LogP contribution in [0.4, 0.5) is 11.4 Å². The van der Waals surface area contributed by atoms with E-state index in [0.717, 1.165) is 0 Å².